The summed E-state index contributed by atoms with van der Waals surface area (Å²) >= 11 is 0. The van der Waals surface area contributed by atoms with E-state index >= 15 is 0 Å². The van der Waals surface area contributed by atoms with E-state index in [1.807, 2.05) is 6.58 Å². The number of ether oxygens (including phenoxy) is 1. The number of halogens is 10. The second-order valence-electron chi connectivity index (χ2n) is 2.98. The fraction of sp³-hybridized carbons (Fsp3) is 0.714. The first kappa shape index (κ1) is 17.0. The largest absolute Gasteiger partial charge is 0.455 e. The van der Waals surface area contributed by atoms with Gasteiger partial charge in [-0.15, -0.1) is 0 Å². The van der Waals surface area contributed by atoms with Crippen molar-refractivity contribution in [3.8, 4) is 0 Å². The molecular weight excluding hydrogens is 290 g/mol. The molecule has 11 heteroatoms. The lowest BCUT2D eigenvalue weighted by atomic mass is 10.2. The Labute approximate surface area is 93.0 Å². The van der Waals surface area contributed by atoms with Gasteiger partial charge in [0.2, 0.25) is 0 Å². The van der Waals surface area contributed by atoms with Crippen LogP contribution in [0.25, 0.3) is 0 Å². The maximum absolute atomic E-state index is 12.5. The zero-order valence-electron chi connectivity index (χ0n) is 8.10. The number of alkyl halides is 10. The summed E-state index contributed by atoms with van der Waals surface area (Å²) in [4.78, 5) is 0. The molecule has 0 radical (unpaired) electrons. The molecule has 0 fully saturated rings. The van der Waals surface area contributed by atoms with Gasteiger partial charge in [-0.2, -0.15) is 43.9 Å². The SMILES string of the molecule is C=C(C(F)(F)F)C(F)(F)OCC(F)(F)C(F)(F)F. The van der Waals surface area contributed by atoms with Gasteiger partial charge in [0.25, 0.3) is 0 Å². The molecule has 0 aromatic carbocycles. The van der Waals surface area contributed by atoms with Crippen LogP contribution in [0.2, 0.25) is 0 Å². The van der Waals surface area contributed by atoms with Crippen LogP contribution in [-0.2, 0) is 4.74 Å². The van der Waals surface area contributed by atoms with Crippen LogP contribution in [0.1, 0.15) is 0 Å². The summed E-state index contributed by atoms with van der Waals surface area (Å²) in [6, 6.07) is 0. The van der Waals surface area contributed by atoms with E-state index in [-0.39, 0.29) is 0 Å². The Kier molecular flexibility index (Phi) is 4.34. The van der Waals surface area contributed by atoms with E-state index in [9.17, 15) is 43.9 Å². The summed E-state index contributed by atoms with van der Waals surface area (Å²) in [7, 11) is 0. The van der Waals surface area contributed by atoms with Crippen molar-refractivity contribution in [3.05, 3.63) is 12.2 Å². The van der Waals surface area contributed by atoms with Crippen molar-refractivity contribution >= 4 is 0 Å². The average molecular weight is 294 g/mol. The van der Waals surface area contributed by atoms with Crippen LogP contribution in [0.15, 0.2) is 12.2 Å². The zero-order valence-corrected chi connectivity index (χ0v) is 8.10. The molecule has 0 saturated heterocycles. The van der Waals surface area contributed by atoms with E-state index in [0.717, 1.165) is 0 Å². The highest BCUT2D eigenvalue weighted by atomic mass is 19.4. The highest BCUT2D eigenvalue weighted by Gasteiger charge is 2.60. The quantitative estimate of drug-likeness (QED) is 0.564. The summed E-state index contributed by atoms with van der Waals surface area (Å²) in [5.41, 5.74) is -2.88. The van der Waals surface area contributed by atoms with Gasteiger partial charge in [0.15, 0.2) is 0 Å². The molecule has 0 atom stereocenters. The van der Waals surface area contributed by atoms with Gasteiger partial charge in [-0.1, -0.05) is 6.58 Å². The summed E-state index contributed by atoms with van der Waals surface area (Å²) in [6.45, 7) is -1.13. The molecule has 0 aliphatic carbocycles. The van der Waals surface area contributed by atoms with Crippen molar-refractivity contribution in [1.29, 1.82) is 0 Å². The fourth-order valence-corrected chi connectivity index (χ4v) is 0.515. The van der Waals surface area contributed by atoms with E-state index in [1.165, 1.54) is 0 Å². The average Bonchev–Trinajstić information content (AvgIpc) is 2.10. The molecule has 18 heavy (non-hydrogen) atoms. The normalized spacial score (nSPS) is 14.8. The molecule has 0 aromatic rings. The Bertz CT molecular complexity index is 311. The summed E-state index contributed by atoms with van der Waals surface area (Å²) in [6.07, 6.45) is -17.3. The lowest BCUT2D eigenvalue weighted by Gasteiger charge is -2.24. The molecule has 0 N–H and O–H groups in total. The van der Waals surface area contributed by atoms with Gasteiger partial charge in [-0.3, -0.25) is 0 Å². The van der Waals surface area contributed by atoms with Gasteiger partial charge in [-0.25, -0.2) is 0 Å². The molecule has 0 heterocycles. The molecular formula is C7H4F10O. The molecule has 0 unspecified atom stereocenters. The van der Waals surface area contributed by atoms with E-state index in [1.54, 1.807) is 0 Å². The Morgan fingerprint density at radius 3 is 1.50 bits per heavy atom. The van der Waals surface area contributed by atoms with Crippen LogP contribution in [0, 0.1) is 0 Å². The molecule has 0 saturated carbocycles. The van der Waals surface area contributed by atoms with Crippen LogP contribution in [-0.4, -0.2) is 31.0 Å². The first-order valence-corrected chi connectivity index (χ1v) is 3.84. The lowest BCUT2D eigenvalue weighted by molar-refractivity contribution is -0.330. The Hall–Kier alpha value is -1.00. The monoisotopic (exact) mass is 294 g/mol. The smallest absolute Gasteiger partial charge is 0.310 e. The summed E-state index contributed by atoms with van der Waals surface area (Å²) in [5.74, 6) is -5.71. The number of rotatable bonds is 4. The molecule has 0 aliphatic rings. The van der Waals surface area contributed by atoms with Crippen LogP contribution < -0.4 is 0 Å². The van der Waals surface area contributed by atoms with Gasteiger partial charge in [0.1, 0.15) is 12.2 Å². The third-order valence-electron chi connectivity index (χ3n) is 1.54. The van der Waals surface area contributed by atoms with Gasteiger partial charge < -0.3 is 4.74 Å². The van der Waals surface area contributed by atoms with Crippen LogP contribution >= 0.6 is 0 Å². The minimum atomic E-state index is -6.22. The van der Waals surface area contributed by atoms with Crippen molar-refractivity contribution in [1.82, 2.24) is 0 Å². The summed E-state index contributed by atoms with van der Waals surface area (Å²) < 4.78 is 122. The third-order valence-corrected chi connectivity index (χ3v) is 1.54. The molecule has 0 aromatic heterocycles. The van der Waals surface area contributed by atoms with Crippen LogP contribution in [0.5, 0.6) is 0 Å². The minimum absolute atomic E-state index is 1.83. The highest BCUT2D eigenvalue weighted by molar-refractivity contribution is 5.10. The van der Waals surface area contributed by atoms with Crippen LogP contribution in [0.4, 0.5) is 43.9 Å². The van der Waals surface area contributed by atoms with Crippen molar-refractivity contribution in [2.24, 2.45) is 0 Å². The molecule has 0 bridgehead atoms. The lowest BCUT2D eigenvalue weighted by Crippen LogP contribution is -2.44. The third kappa shape index (κ3) is 4.03. The molecule has 108 valence electrons. The highest BCUT2D eigenvalue weighted by Crippen LogP contribution is 2.40. The van der Waals surface area contributed by atoms with Gasteiger partial charge >= 0.3 is 24.4 Å². The fourth-order valence-electron chi connectivity index (χ4n) is 0.515. The van der Waals surface area contributed by atoms with Gasteiger partial charge in [0.05, 0.1) is 0 Å². The molecule has 0 amide bonds. The zero-order chi connectivity index (χ0) is 15.0. The first-order chi connectivity index (χ1) is 7.61. The first-order valence-electron chi connectivity index (χ1n) is 3.84. The van der Waals surface area contributed by atoms with Crippen molar-refractivity contribution in [3.63, 3.8) is 0 Å². The maximum Gasteiger partial charge on any atom is 0.455 e. The van der Waals surface area contributed by atoms with Crippen LogP contribution in [0.3, 0.4) is 0 Å². The van der Waals surface area contributed by atoms with E-state index in [2.05, 4.69) is 4.74 Å². The van der Waals surface area contributed by atoms with Crippen molar-refractivity contribution in [2.45, 2.75) is 24.4 Å². The topological polar surface area (TPSA) is 9.23 Å². The van der Waals surface area contributed by atoms with Gasteiger partial charge in [-0.05, 0) is 0 Å². The molecule has 0 spiro atoms. The van der Waals surface area contributed by atoms with Gasteiger partial charge in [0, 0.05) is 0 Å². The Morgan fingerprint density at radius 2 is 1.22 bits per heavy atom. The molecule has 0 rings (SSSR count). The number of hydrogen-bond acceptors (Lipinski definition) is 1. The second-order valence-corrected chi connectivity index (χ2v) is 2.98. The Balaban J connectivity index is 4.79. The van der Waals surface area contributed by atoms with E-state index in [4.69, 9.17) is 0 Å². The van der Waals surface area contributed by atoms with Crippen molar-refractivity contribution < 1.29 is 48.6 Å². The second kappa shape index (κ2) is 4.59. The molecule has 1 nitrogen and oxygen atoms in total. The van der Waals surface area contributed by atoms with E-state index < -0.39 is 36.6 Å². The number of hydrogen-bond donors (Lipinski definition) is 0. The predicted molar refractivity (Wildman–Crippen MR) is 37.1 cm³/mol. The minimum Gasteiger partial charge on any atom is -0.310 e. The van der Waals surface area contributed by atoms with Crippen molar-refractivity contribution in [2.75, 3.05) is 6.61 Å². The predicted octanol–water partition coefficient (Wildman–Crippen LogP) is 3.91. The molecule has 0 aliphatic heterocycles. The summed E-state index contributed by atoms with van der Waals surface area (Å²) in [5, 5.41) is 0. The van der Waals surface area contributed by atoms with E-state index in [0.29, 0.717) is 0 Å². The maximum atomic E-state index is 12.5. The standard InChI is InChI=1S/C7H4F10O/c1-3(5(10,11)12)6(13,14)18-2-4(8,9)7(15,16)17/h1-2H2. The Morgan fingerprint density at radius 1 is 0.833 bits per heavy atom.